The first-order valence-corrected chi connectivity index (χ1v) is 8.81. The van der Waals surface area contributed by atoms with Crippen LogP contribution in [-0.4, -0.2) is 20.9 Å². The molecule has 0 fully saturated rings. The van der Waals surface area contributed by atoms with Gasteiger partial charge in [-0.3, -0.25) is 4.79 Å². The van der Waals surface area contributed by atoms with Crippen LogP contribution >= 0.6 is 15.9 Å². The highest BCUT2D eigenvalue weighted by Crippen LogP contribution is 2.20. The van der Waals surface area contributed by atoms with Crippen molar-refractivity contribution in [3.05, 3.63) is 64.6 Å². The average molecular weight is 383 g/mol. The summed E-state index contributed by atoms with van der Waals surface area (Å²) < 4.78 is 27.0. The van der Waals surface area contributed by atoms with Crippen LogP contribution < -0.4 is 10.0 Å². The molecule has 1 amide bonds. The summed E-state index contributed by atoms with van der Waals surface area (Å²) in [6.07, 6.45) is 0. The van der Waals surface area contributed by atoms with Gasteiger partial charge in [-0.1, -0.05) is 42.5 Å². The maximum atomic E-state index is 12.1. The molecule has 0 aliphatic heterocycles. The van der Waals surface area contributed by atoms with E-state index < -0.39 is 10.0 Å². The lowest BCUT2D eigenvalue weighted by Gasteiger charge is -2.09. The highest BCUT2D eigenvalue weighted by Gasteiger charge is 2.17. The molecule has 7 heteroatoms. The van der Waals surface area contributed by atoms with E-state index in [1.54, 1.807) is 18.2 Å². The number of hydrogen-bond acceptors (Lipinski definition) is 3. The molecule has 0 spiro atoms. The molecule has 0 bridgehead atoms. The quantitative estimate of drug-likeness (QED) is 0.802. The molecule has 2 aromatic carbocycles. The van der Waals surface area contributed by atoms with Gasteiger partial charge in [0.2, 0.25) is 15.9 Å². The van der Waals surface area contributed by atoms with Crippen LogP contribution in [0.3, 0.4) is 0 Å². The van der Waals surface area contributed by atoms with Crippen LogP contribution in [0.15, 0.2) is 64.0 Å². The molecule has 116 valence electrons. The van der Waals surface area contributed by atoms with E-state index in [1.165, 1.54) is 6.07 Å². The summed E-state index contributed by atoms with van der Waals surface area (Å²) in [7, 11) is -3.73. The highest BCUT2D eigenvalue weighted by atomic mass is 79.9. The summed E-state index contributed by atoms with van der Waals surface area (Å²) in [5.74, 6) is -0.389. The van der Waals surface area contributed by atoms with Crippen LogP contribution in [0.4, 0.5) is 0 Å². The monoisotopic (exact) mass is 382 g/mol. The Labute approximate surface area is 137 Å². The van der Waals surface area contributed by atoms with Gasteiger partial charge in [0.15, 0.2) is 0 Å². The number of halogens is 1. The minimum absolute atomic E-state index is 0.103. The fourth-order valence-corrected chi connectivity index (χ4v) is 3.74. The molecule has 0 atom stereocenters. The van der Waals surface area contributed by atoms with Gasteiger partial charge in [-0.25, -0.2) is 13.1 Å². The second kappa shape index (κ2) is 7.53. The number of benzene rings is 2. The predicted molar refractivity (Wildman–Crippen MR) is 87.6 cm³/mol. The largest absolute Gasteiger partial charge is 0.351 e. The average Bonchev–Trinajstić information content (AvgIpc) is 2.52. The minimum atomic E-state index is -3.73. The fourth-order valence-electron chi connectivity index (χ4n) is 1.76. The van der Waals surface area contributed by atoms with E-state index in [2.05, 4.69) is 26.0 Å². The Morgan fingerprint density at radius 1 is 1.00 bits per heavy atom. The van der Waals surface area contributed by atoms with E-state index in [9.17, 15) is 13.2 Å². The van der Waals surface area contributed by atoms with E-state index in [4.69, 9.17) is 0 Å². The van der Waals surface area contributed by atoms with E-state index in [0.717, 1.165) is 5.56 Å². The Morgan fingerprint density at radius 2 is 1.64 bits per heavy atom. The topological polar surface area (TPSA) is 75.3 Å². The van der Waals surface area contributed by atoms with E-state index >= 15 is 0 Å². The fraction of sp³-hybridized carbons (Fsp3) is 0.133. The van der Waals surface area contributed by atoms with Crippen molar-refractivity contribution in [2.75, 3.05) is 6.54 Å². The lowest BCUT2D eigenvalue weighted by atomic mass is 10.2. The van der Waals surface area contributed by atoms with Gasteiger partial charge in [-0.05, 0) is 33.6 Å². The summed E-state index contributed by atoms with van der Waals surface area (Å²) >= 11 is 3.18. The molecular weight excluding hydrogens is 368 g/mol. The van der Waals surface area contributed by atoms with Gasteiger partial charge in [0.25, 0.3) is 0 Å². The number of amides is 1. The van der Waals surface area contributed by atoms with Crippen LogP contribution in [0.2, 0.25) is 0 Å². The molecule has 2 N–H and O–H groups in total. The first-order valence-electron chi connectivity index (χ1n) is 6.54. The van der Waals surface area contributed by atoms with Crippen LogP contribution in [0.1, 0.15) is 5.56 Å². The number of rotatable bonds is 6. The van der Waals surface area contributed by atoms with Gasteiger partial charge < -0.3 is 5.32 Å². The molecule has 0 radical (unpaired) electrons. The van der Waals surface area contributed by atoms with Crippen molar-refractivity contribution in [3.8, 4) is 0 Å². The number of carbonyl (C=O) groups is 1. The van der Waals surface area contributed by atoms with Gasteiger partial charge >= 0.3 is 0 Å². The standard InChI is InChI=1S/C15H15BrN2O3S/c16-13-8-4-5-9-14(13)22(20,21)18-11-15(19)17-10-12-6-2-1-3-7-12/h1-9,18H,10-11H2,(H,17,19). The van der Waals surface area contributed by atoms with Gasteiger partial charge in [0.05, 0.1) is 11.4 Å². The Kier molecular flexibility index (Phi) is 5.70. The summed E-state index contributed by atoms with van der Waals surface area (Å²) in [5, 5.41) is 2.66. The van der Waals surface area contributed by atoms with E-state index in [-0.39, 0.29) is 17.3 Å². The molecular formula is C15H15BrN2O3S. The summed E-state index contributed by atoms with van der Waals surface area (Å²) in [6.45, 7) is 0.0485. The second-order valence-electron chi connectivity index (χ2n) is 4.52. The lowest BCUT2D eigenvalue weighted by molar-refractivity contribution is -0.120. The summed E-state index contributed by atoms with van der Waals surface area (Å²) in [6, 6.07) is 15.8. The second-order valence-corrected chi connectivity index (χ2v) is 7.11. The number of hydrogen-bond donors (Lipinski definition) is 2. The van der Waals surface area contributed by atoms with Gasteiger partial charge in [-0.15, -0.1) is 0 Å². The molecule has 2 rings (SSSR count). The maximum absolute atomic E-state index is 12.1. The molecule has 0 saturated heterocycles. The molecule has 0 saturated carbocycles. The minimum Gasteiger partial charge on any atom is -0.351 e. The molecule has 0 aliphatic rings. The number of carbonyl (C=O) groups excluding carboxylic acids is 1. The number of nitrogens with one attached hydrogen (secondary N) is 2. The first-order chi connectivity index (χ1) is 10.5. The smallest absolute Gasteiger partial charge is 0.242 e. The third-order valence-electron chi connectivity index (χ3n) is 2.88. The molecule has 5 nitrogen and oxygen atoms in total. The van der Waals surface area contributed by atoms with Crippen molar-refractivity contribution < 1.29 is 13.2 Å². The molecule has 2 aromatic rings. The van der Waals surface area contributed by atoms with Crippen molar-refractivity contribution >= 4 is 31.9 Å². The molecule has 0 aliphatic carbocycles. The molecule has 0 heterocycles. The Balaban J connectivity index is 1.89. The maximum Gasteiger partial charge on any atom is 0.242 e. The van der Waals surface area contributed by atoms with E-state index in [0.29, 0.717) is 11.0 Å². The van der Waals surface area contributed by atoms with Crippen molar-refractivity contribution in [1.29, 1.82) is 0 Å². The Bertz CT molecular complexity index is 748. The normalized spacial score (nSPS) is 11.1. The number of sulfonamides is 1. The first kappa shape index (κ1) is 16.7. The lowest BCUT2D eigenvalue weighted by Crippen LogP contribution is -2.36. The molecule has 22 heavy (non-hydrogen) atoms. The third kappa shape index (κ3) is 4.66. The van der Waals surface area contributed by atoms with Crippen LogP contribution in [0, 0.1) is 0 Å². The van der Waals surface area contributed by atoms with E-state index in [1.807, 2.05) is 30.3 Å². The zero-order valence-electron chi connectivity index (χ0n) is 11.6. The van der Waals surface area contributed by atoms with Crippen molar-refractivity contribution in [3.63, 3.8) is 0 Å². The van der Waals surface area contributed by atoms with Crippen LogP contribution in [0.5, 0.6) is 0 Å². The zero-order chi connectivity index (χ0) is 16.0. The zero-order valence-corrected chi connectivity index (χ0v) is 14.0. The van der Waals surface area contributed by atoms with Crippen molar-refractivity contribution in [2.45, 2.75) is 11.4 Å². The predicted octanol–water partition coefficient (Wildman–Crippen LogP) is 2.04. The van der Waals surface area contributed by atoms with Gasteiger partial charge in [0, 0.05) is 11.0 Å². The Hall–Kier alpha value is -1.70. The summed E-state index contributed by atoms with van der Waals surface area (Å²) in [4.78, 5) is 11.8. The van der Waals surface area contributed by atoms with Crippen molar-refractivity contribution in [2.24, 2.45) is 0 Å². The molecule has 0 unspecified atom stereocenters. The Morgan fingerprint density at radius 3 is 2.32 bits per heavy atom. The van der Waals surface area contributed by atoms with Crippen molar-refractivity contribution in [1.82, 2.24) is 10.0 Å². The highest BCUT2D eigenvalue weighted by molar-refractivity contribution is 9.10. The SMILES string of the molecule is O=C(CNS(=O)(=O)c1ccccc1Br)NCc1ccccc1. The van der Waals surface area contributed by atoms with Gasteiger partial charge in [-0.2, -0.15) is 0 Å². The summed E-state index contributed by atoms with van der Waals surface area (Å²) in [5.41, 5.74) is 0.949. The van der Waals surface area contributed by atoms with Gasteiger partial charge in [0.1, 0.15) is 0 Å². The molecule has 0 aromatic heterocycles. The third-order valence-corrected chi connectivity index (χ3v) is 5.29. The van der Waals surface area contributed by atoms with Crippen LogP contribution in [-0.2, 0) is 21.4 Å². The van der Waals surface area contributed by atoms with Crippen LogP contribution in [0.25, 0.3) is 0 Å².